The van der Waals surface area contributed by atoms with Crippen LogP contribution < -0.4 is 0 Å². The van der Waals surface area contributed by atoms with Gasteiger partial charge in [0.15, 0.2) is 0 Å². The Balaban J connectivity index is 1.52. The standard InChI is InChI=1S/C19H29N/c1-12-6-4-5-7-17(12)11-20-13(2)18-15-8-9-16(10-15)19(18)14(20)3/h12,15-19H,2-11H2,1H3/t12?,15-,16?,17?,18?,19?/m1/s1. The van der Waals surface area contributed by atoms with Gasteiger partial charge in [-0.05, 0) is 49.4 Å². The predicted octanol–water partition coefficient (Wildman–Crippen LogP) is 4.82. The summed E-state index contributed by atoms with van der Waals surface area (Å²) in [5.41, 5.74) is 2.87. The van der Waals surface area contributed by atoms with Crippen molar-refractivity contribution in [3.63, 3.8) is 0 Å². The van der Waals surface area contributed by atoms with Gasteiger partial charge in [-0.3, -0.25) is 0 Å². The number of hydrogen-bond acceptors (Lipinski definition) is 1. The molecule has 1 heterocycles. The summed E-state index contributed by atoms with van der Waals surface area (Å²) in [6.45, 7) is 12.7. The molecule has 3 saturated carbocycles. The quantitative estimate of drug-likeness (QED) is 0.696. The van der Waals surface area contributed by atoms with Gasteiger partial charge in [0.1, 0.15) is 0 Å². The van der Waals surface area contributed by atoms with Crippen LogP contribution in [0.15, 0.2) is 24.6 Å². The topological polar surface area (TPSA) is 3.24 Å². The summed E-state index contributed by atoms with van der Waals surface area (Å²) in [5, 5.41) is 0. The summed E-state index contributed by atoms with van der Waals surface area (Å²) in [6.07, 6.45) is 10.1. The van der Waals surface area contributed by atoms with Crippen molar-refractivity contribution in [2.24, 2.45) is 35.5 Å². The van der Waals surface area contributed by atoms with Gasteiger partial charge in [0.25, 0.3) is 0 Å². The third-order valence-corrected chi connectivity index (χ3v) is 7.09. The lowest BCUT2D eigenvalue weighted by atomic mass is 9.79. The minimum absolute atomic E-state index is 0.764. The monoisotopic (exact) mass is 271 g/mol. The molecule has 2 bridgehead atoms. The Morgan fingerprint density at radius 2 is 1.55 bits per heavy atom. The van der Waals surface area contributed by atoms with Crippen molar-refractivity contribution in [1.82, 2.24) is 4.90 Å². The van der Waals surface area contributed by atoms with E-state index in [0.29, 0.717) is 0 Å². The minimum Gasteiger partial charge on any atom is -0.349 e. The van der Waals surface area contributed by atoms with Crippen molar-refractivity contribution in [3.05, 3.63) is 24.6 Å². The maximum atomic E-state index is 4.50. The van der Waals surface area contributed by atoms with Gasteiger partial charge in [-0.25, -0.2) is 0 Å². The molecule has 0 aromatic rings. The molecule has 4 aliphatic rings. The van der Waals surface area contributed by atoms with E-state index >= 15 is 0 Å². The molecule has 1 heteroatoms. The minimum atomic E-state index is 0.764. The lowest BCUT2D eigenvalue weighted by Gasteiger charge is -2.34. The molecule has 0 radical (unpaired) electrons. The second-order valence-electron chi connectivity index (χ2n) is 8.00. The Kier molecular flexibility index (Phi) is 3.01. The Morgan fingerprint density at radius 1 is 0.950 bits per heavy atom. The molecule has 5 unspecified atom stereocenters. The normalized spacial score (nSPS) is 47.1. The maximum Gasteiger partial charge on any atom is 0.0255 e. The van der Waals surface area contributed by atoms with Gasteiger partial charge in [-0.1, -0.05) is 39.3 Å². The third kappa shape index (κ3) is 1.74. The average molecular weight is 271 g/mol. The van der Waals surface area contributed by atoms with E-state index in [1.54, 1.807) is 0 Å². The largest absolute Gasteiger partial charge is 0.349 e. The zero-order chi connectivity index (χ0) is 13.9. The highest BCUT2D eigenvalue weighted by atomic mass is 15.2. The van der Waals surface area contributed by atoms with Crippen LogP contribution in [0.3, 0.4) is 0 Å². The van der Waals surface area contributed by atoms with Crippen LogP contribution in [0, 0.1) is 35.5 Å². The first-order chi connectivity index (χ1) is 9.66. The molecule has 3 aliphatic carbocycles. The van der Waals surface area contributed by atoms with E-state index in [0.717, 1.165) is 35.5 Å². The predicted molar refractivity (Wildman–Crippen MR) is 83.9 cm³/mol. The second kappa shape index (κ2) is 4.64. The molecular formula is C19H29N. The number of hydrogen-bond donors (Lipinski definition) is 0. The van der Waals surface area contributed by atoms with Crippen LogP contribution >= 0.6 is 0 Å². The Morgan fingerprint density at radius 3 is 2.15 bits per heavy atom. The fraction of sp³-hybridized carbons (Fsp3) is 0.789. The molecule has 4 fully saturated rings. The van der Waals surface area contributed by atoms with Crippen LogP contribution in [-0.2, 0) is 0 Å². The summed E-state index contributed by atoms with van der Waals surface area (Å²) in [6, 6.07) is 0. The SMILES string of the molecule is C=C1C2C3CC[C@H](C3)C2C(=C)N1CC1CCCCC1C. The highest BCUT2D eigenvalue weighted by Gasteiger charge is 2.55. The van der Waals surface area contributed by atoms with Crippen LogP contribution in [-0.4, -0.2) is 11.4 Å². The van der Waals surface area contributed by atoms with Crippen molar-refractivity contribution < 1.29 is 0 Å². The zero-order valence-corrected chi connectivity index (χ0v) is 13.0. The first kappa shape index (κ1) is 13.0. The molecule has 4 rings (SSSR count). The van der Waals surface area contributed by atoms with E-state index in [9.17, 15) is 0 Å². The fourth-order valence-corrected chi connectivity index (χ4v) is 5.93. The molecule has 1 saturated heterocycles. The van der Waals surface area contributed by atoms with Gasteiger partial charge in [0.05, 0.1) is 0 Å². The van der Waals surface area contributed by atoms with Crippen LogP contribution in [0.2, 0.25) is 0 Å². The van der Waals surface area contributed by atoms with Gasteiger partial charge in [-0.15, -0.1) is 0 Å². The lowest BCUT2D eigenvalue weighted by Crippen LogP contribution is -2.31. The average Bonchev–Trinajstić information content (AvgIpc) is 3.10. The molecule has 0 aromatic heterocycles. The number of allylic oxidation sites excluding steroid dienone is 2. The fourth-order valence-electron chi connectivity index (χ4n) is 5.93. The van der Waals surface area contributed by atoms with Crippen molar-refractivity contribution >= 4 is 0 Å². The Hall–Kier alpha value is -0.720. The van der Waals surface area contributed by atoms with Gasteiger partial charge in [0, 0.05) is 29.8 Å². The highest BCUT2D eigenvalue weighted by molar-refractivity contribution is 5.30. The number of fused-ring (bicyclic) bond motifs is 5. The Bertz CT molecular complexity index is 409. The molecule has 6 atom stereocenters. The highest BCUT2D eigenvalue weighted by Crippen LogP contribution is 2.61. The number of likely N-dealkylation sites (tertiary alicyclic amines) is 1. The molecular weight excluding hydrogens is 242 g/mol. The van der Waals surface area contributed by atoms with Gasteiger partial charge >= 0.3 is 0 Å². The van der Waals surface area contributed by atoms with E-state index < -0.39 is 0 Å². The Labute approximate surface area is 124 Å². The van der Waals surface area contributed by atoms with E-state index in [1.807, 2.05) is 0 Å². The van der Waals surface area contributed by atoms with E-state index in [4.69, 9.17) is 0 Å². The van der Waals surface area contributed by atoms with Crippen molar-refractivity contribution in [2.45, 2.75) is 51.9 Å². The summed E-state index contributed by atoms with van der Waals surface area (Å²) >= 11 is 0. The van der Waals surface area contributed by atoms with Gasteiger partial charge in [-0.2, -0.15) is 0 Å². The van der Waals surface area contributed by atoms with Gasteiger partial charge in [0.2, 0.25) is 0 Å². The molecule has 0 N–H and O–H groups in total. The first-order valence-electron chi connectivity index (χ1n) is 8.82. The van der Waals surface area contributed by atoms with Crippen LogP contribution in [0.1, 0.15) is 51.9 Å². The van der Waals surface area contributed by atoms with Crippen molar-refractivity contribution in [2.75, 3.05) is 6.54 Å². The molecule has 20 heavy (non-hydrogen) atoms. The summed E-state index contributed by atoms with van der Waals surface area (Å²) in [4.78, 5) is 2.56. The summed E-state index contributed by atoms with van der Waals surface area (Å²) < 4.78 is 0. The number of nitrogens with zero attached hydrogens (tertiary/aromatic N) is 1. The molecule has 110 valence electrons. The molecule has 0 aromatic carbocycles. The summed E-state index contributed by atoms with van der Waals surface area (Å²) in [5.74, 6) is 5.15. The van der Waals surface area contributed by atoms with E-state index in [-0.39, 0.29) is 0 Å². The smallest absolute Gasteiger partial charge is 0.0255 e. The van der Waals surface area contributed by atoms with Crippen molar-refractivity contribution in [1.29, 1.82) is 0 Å². The summed E-state index contributed by atoms with van der Waals surface area (Å²) in [7, 11) is 0. The molecule has 0 amide bonds. The molecule has 1 nitrogen and oxygen atoms in total. The van der Waals surface area contributed by atoms with Crippen molar-refractivity contribution in [3.8, 4) is 0 Å². The lowest BCUT2D eigenvalue weighted by molar-refractivity contribution is 0.206. The van der Waals surface area contributed by atoms with E-state index in [1.165, 1.54) is 62.9 Å². The number of rotatable bonds is 2. The van der Waals surface area contributed by atoms with Crippen LogP contribution in [0.25, 0.3) is 0 Å². The van der Waals surface area contributed by atoms with Crippen LogP contribution in [0.4, 0.5) is 0 Å². The molecule has 0 spiro atoms. The van der Waals surface area contributed by atoms with Crippen LogP contribution in [0.5, 0.6) is 0 Å². The first-order valence-corrected chi connectivity index (χ1v) is 8.82. The zero-order valence-electron chi connectivity index (χ0n) is 13.0. The van der Waals surface area contributed by atoms with E-state index in [2.05, 4.69) is 25.0 Å². The van der Waals surface area contributed by atoms with Gasteiger partial charge < -0.3 is 4.90 Å². The second-order valence-corrected chi connectivity index (χ2v) is 8.00. The molecule has 1 aliphatic heterocycles. The maximum absolute atomic E-state index is 4.50. The third-order valence-electron chi connectivity index (χ3n) is 7.09.